The normalized spacial score (nSPS) is 18.1. The van der Waals surface area contributed by atoms with E-state index in [0.717, 1.165) is 37.8 Å². The van der Waals surface area contributed by atoms with Crippen molar-refractivity contribution in [3.05, 3.63) is 30.1 Å². The second-order valence-corrected chi connectivity index (χ2v) is 4.59. The number of rotatable bonds is 5. The molecule has 92 valence electrons. The number of pyridine rings is 1. The highest BCUT2D eigenvalue weighted by Crippen LogP contribution is 2.29. The molecule has 2 rings (SSSR count). The van der Waals surface area contributed by atoms with Crippen molar-refractivity contribution in [2.24, 2.45) is 0 Å². The van der Waals surface area contributed by atoms with Gasteiger partial charge in [-0.2, -0.15) is 0 Å². The van der Waals surface area contributed by atoms with Gasteiger partial charge in [-0.25, -0.2) is 0 Å². The highest BCUT2D eigenvalue weighted by atomic mass is 16.4. The van der Waals surface area contributed by atoms with Crippen LogP contribution in [0.15, 0.2) is 24.4 Å². The Balaban J connectivity index is 1.87. The molecule has 1 aromatic heterocycles. The van der Waals surface area contributed by atoms with Crippen molar-refractivity contribution >= 4 is 5.97 Å². The Labute approximate surface area is 101 Å². The minimum Gasteiger partial charge on any atom is -0.480 e. The Morgan fingerprint density at radius 1 is 1.41 bits per heavy atom. The smallest absolute Gasteiger partial charge is 0.323 e. The summed E-state index contributed by atoms with van der Waals surface area (Å²) in [4.78, 5) is 15.5. The molecule has 1 aliphatic rings. The minimum absolute atomic E-state index is 0.670. The van der Waals surface area contributed by atoms with Crippen LogP contribution in [0, 0.1) is 0 Å². The number of carboxylic acids is 1. The van der Waals surface area contributed by atoms with Crippen molar-refractivity contribution in [1.29, 1.82) is 0 Å². The highest BCUT2D eigenvalue weighted by molar-refractivity contribution is 5.79. The number of aliphatic carboxylic acids is 1. The van der Waals surface area contributed by atoms with E-state index in [-0.39, 0.29) is 0 Å². The molecule has 0 bridgehead atoms. The molecule has 1 aliphatic carbocycles. The molecule has 0 spiro atoms. The van der Waals surface area contributed by atoms with Crippen LogP contribution in [-0.2, 0) is 11.2 Å². The lowest BCUT2D eigenvalue weighted by atomic mass is 9.98. The van der Waals surface area contributed by atoms with Gasteiger partial charge in [0.15, 0.2) is 0 Å². The number of carboxylic acid groups (broad SMARTS) is 1. The van der Waals surface area contributed by atoms with Gasteiger partial charge in [0, 0.05) is 24.9 Å². The Morgan fingerprint density at radius 2 is 2.18 bits per heavy atom. The summed E-state index contributed by atoms with van der Waals surface area (Å²) in [5, 5.41) is 12.5. The number of carbonyl (C=O) groups is 1. The highest BCUT2D eigenvalue weighted by Gasteiger charge is 2.40. The number of nitrogens with zero attached hydrogens (tertiary/aromatic N) is 1. The molecule has 2 N–H and O–H groups in total. The Kier molecular flexibility index (Phi) is 3.74. The maximum Gasteiger partial charge on any atom is 0.323 e. The lowest BCUT2D eigenvalue weighted by Gasteiger charge is -2.25. The monoisotopic (exact) mass is 234 g/mol. The van der Waals surface area contributed by atoms with Crippen LogP contribution in [0.4, 0.5) is 0 Å². The van der Waals surface area contributed by atoms with E-state index >= 15 is 0 Å². The van der Waals surface area contributed by atoms with E-state index in [4.69, 9.17) is 0 Å². The minimum atomic E-state index is -0.712. The molecule has 0 radical (unpaired) electrons. The molecule has 4 nitrogen and oxygen atoms in total. The predicted molar refractivity (Wildman–Crippen MR) is 64.8 cm³/mol. The maximum atomic E-state index is 11.3. The van der Waals surface area contributed by atoms with Crippen LogP contribution in [0.5, 0.6) is 0 Å². The molecule has 1 aromatic rings. The third kappa shape index (κ3) is 2.82. The van der Waals surface area contributed by atoms with Gasteiger partial charge < -0.3 is 10.4 Å². The zero-order valence-electron chi connectivity index (χ0n) is 9.85. The summed E-state index contributed by atoms with van der Waals surface area (Å²) in [7, 11) is 0. The zero-order valence-corrected chi connectivity index (χ0v) is 9.85. The average Bonchev–Trinajstić information content (AvgIpc) is 2.80. The van der Waals surface area contributed by atoms with Crippen LogP contribution in [0.2, 0.25) is 0 Å². The van der Waals surface area contributed by atoms with Crippen molar-refractivity contribution in [3.8, 4) is 0 Å². The first kappa shape index (κ1) is 12.0. The standard InChI is InChI=1S/C13H18N2O2/c16-12(17)13(7-2-3-8-13)15-10-6-11-5-1-4-9-14-11/h1,4-5,9,15H,2-3,6-8,10H2,(H,16,17). The fraction of sp³-hybridized carbons (Fsp3) is 0.538. The van der Waals surface area contributed by atoms with Crippen molar-refractivity contribution in [1.82, 2.24) is 10.3 Å². The maximum absolute atomic E-state index is 11.3. The van der Waals surface area contributed by atoms with Crippen molar-refractivity contribution in [3.63, 3.8) is 0 Å². The van der Waals surface area contributed by atoms with E-state index in [1.54, 1.807) is 6.20 Å². The first-order chi connectivity index (χ1) is 8.23. The van der Waals surface area contributed by atoms with Gasteiger partial charge in [0.2, 0.25) is 0 Å². The van der Waals surface area contributed by atoms with Crippen LogP contribution in [0.25, 0.3) is 0 Å². The summed E-state index contributed by atoms with van der Waals surface area (Å²) in [5.74, 6) is -0.712. The molecular weight excluding hydrogens is 216 g/mol. The molecule has 1 heterocycles. The third-order valence-corrected chi connectivity index (χ3v) is 3.44. The Morgan fingerprint density at radius 3 is 2.76 bits per heavy atom. The average molecular weight is 234 g/mol. The number of hydrogen-bond acceptors (Lipinski definition) is 3. The van der Waals surface area contributed by atoms with Gasteiger partial charge in [-0.1, -0.05) is 18.9 Å². The largest absolute Gasteiger partial charge is 0.480 e. The lowest BCUT2D eigenvalue weighted by molar-refractivity contribution is -0.144. The summed E-state index contributed by atoms with van der Waals surface area (Å²) < 4.78 is 0. The SMILES string of the molecule is O=C(O)C1(NCCc2ccccn2)CCCC1. The van der Waals surface area contributed by atoms with Gasteiger partial charge >= 0.3 is 5.97 Å². The summed E-state index contributed by atoms with van der Waals surface area (Å²) >= 11 is 0. The molecule has 1 saturated carbocycles. The molecular formula is C13H18N2O2. The van der Waals surface area contributed by atoms with E-state index < -0.39 is 11.5 Å². The lowest BCUT2D eigenvalue weighted by Crippen LogP contribution is -2.50. The van der Waals surface area contributed by atoms with E-state index in [9.17, 15) is 9.90 Å². The Hall–Kier alpha value is -1.42. The van der Waals surface area contributed by atoms with Gasteiger partial charge in [-0.3, -0.25) is 9.78 Å². The summed E-state index contributed by atoms with van der Waals surface area (Å²) in [6.45, 7) is 0.670. The van der Waals surface area contributed by atoms with E-state index in [0.29, 0.717) is 6.54 Å². The van der Waals surface area contributed by atoms with Gasteiger partial charge in [-0.15, -0.1) is 0 Å². The molecule has 1 fully saturated rings. The molecule has 0 saturated heterocycles. The number of hydrogen-bond donors (Lipinski definition) is 2. The second kappa shape index (κ2) is 5.27. The van der Waals surface area contributed by atoms with Crippen LogP contribution in [0.1, 0.15) is 31.4 Å². The van der Waals surface area contributed by atoms with Crippen LogP contribution >= 0.6 is 0 Å². The topological polar surface area (TPSA) is 62.2 Å². The van der Waals surface area contributed by atoms with E-state index in [1.165, 1.54) is 0 Å². The van der Waals surface area contributed by atoms with Crippen LogP contribution < -0.4 is 5.32 Å². The van der Waals surface area contributed by atoms with Gasteiger partial charge in [0.25, 0.3) is 0 Å². The summed E-state index contributed by atoms with van der Waals surface area (Å²) in [6, 6.07) is 5.79. The molecule has 17 heavy (non-hydrogen) atoms. The number of nitrogens with one attached hydrogen (secondary N) is 1. The molecule has 0 amide bonds. The predicted octanol–water partition coefficient (Wildman–Crippen LogP) is 1.61. The molecule has 4 heteroatoms. The molecule has 0 aliphatic heterocycles. The summed E-state index contributed by atoms with van der Waals surface area (Å²) in [6.07, 6.45) is 6.02. The quantitative estimate of drug-likeness (QED) is 0.812. The molecule has 0 atom stereocenters. The van der Waals surface area contributed by atoms with E-state index in [2.05, 4.69) is 10.3 Å². The Bertz CT molecular complexity index is 372. The van der Waals surface area contributed by atoms with Crippen molar-refractivity contribution < 1.29 is 9.90 Å². The van der Waals surface area contributed by atoms with Gasteiger partial charge in [0.05, 0.1) is 0 Å². The number of aromatic nitrogens is 1. The second-order valence-electron chi connectivity index (χ2n) is 4.59. The van der Waals surface area contributed by atoms with Crippen LogP contribution in [-0.4, -0.2) is 28.1 Å². The summed E-state index contributed by atoms with van der Waals surface area (Å²) in [5.41, 5.74) is 0.313. The molecule has 0 unspecified atom stereocenters. The van der Waals surface area contributed by atoms with Crippen molar-refractivity contribution in [2.75, 3.05) is 6.54 Å². The van der Waals surface area contributed by atoms with E-state index in [1.807, 2.05) is 18.2 Å². The first-order valence-electron chi connectivity index (χ1n) is 6.11. The first-order valence-corrected chi connectivity index (χ1v) is 6.11. The zero-order chi connectivity index (χ0) is 12.1. The van der Waals surface area contributed by atoms with Crippen LogP contribution in [0.3, 0.4) is 0 Å². The third-order valence-electron chi connectivity index (χ3n) is 3.44. The fourth-order valence-corrected chi connectivity index (χ4v) is 2.42. The van der Waals surface area contributed by atoms with Gasteiger partial charge in [0.1, 0.15) is 5.54 Å². The fourth-order valence-electron chi connectivity index (χ4n) is 2.42. The molecule has 0 aromatic carbocycles. The van der Waals surface area contributed by atoms with Crippen molar-refractivity contribution in [2.45, 2.75) is 37.6 Å². The van der Waals surface area contributed by atoms with Gasteiger partial charge in [-0.05, 0) is 25.0 Å².